The summed E-state index contributed by atoms with van der Waals surface area (Å²) in [5.74, 6) is 2.04. The lowest BCUT2D eigenvalue weighted by Crippen LogP contribution is -2.37. The minimum atomic E-state index is 0.253. The Kier molecular flexibility index (Phi) is 4.31. The molecule has 0 amide bonds. The highest BCUT2D eigenvalue weighted by Gasteiger charge is 2.22. The van der Waals surface area contributed by atoms with Crippen LogP contribution in [0.15, 0.2) is 18.2 Å². The first-order valence-corrected chi connectivity index (χ1v) is 6.36. The summed E-state index contributed by atoms with van der Waals surface area (Å²) in [4.78, 5) is 2.27. The van der Waals surface area contributed by atoms with Crippen LogP contribution in [0.3, 0.4) is 0 Å². The van der Waals surface area contributed by atoms with E-state index in [1.807, 2.05) is 18.2 Å². The number of rotatable bonds is 4. The number of nitrogens with zero attached hydrogens (tertiary/aromatic N) is 1. The summed E-state index contributed by atoms with van der Waals surface area (Å²) in [5.41, 5.74) is 1.05. The number of methoxy groups -OCH3 is 2. The molecule has 1 saturated heterocycles. The molecule has 1 N–H and O–H groups in total. The van der Waals surface area contributed by atoms with Gasteiger partial charge in [-0.2, -0.15) is 0 Å². The van der Waals surface area contributed by atoms with Crippen molar-refractivity contribution in [1.82, 2.24) is 0 Å². The van der Waals surface area contributed by atoms with Crippen LogP contribution >= 0.6 is 0 Å². The fourth-order valence-corrected chi connectivity index (χ4v) is 2.48. The zero-order valence-corrected chi connectivity index (χ0v) is 11.1. The second-order valence-electron chi connectivity index (χ2n) is 4.67. The molecule has 1 fully saturated rings. The maximum Gasteiger partial charge on any atom is 0.142 e. The molecule has 0 bridgehead atoms. The van der Waals surface area contributed by atoms with E-state index < -0.39 is 0 Å². The van der Waals surface area contributed by atoms with Gasteiger partial charge in [0, 0.05) is 25.8 Å². The van der Waals surface area contributed by atoms with E-state index in [0.29, 0.717) is 5.92 Å². The van der Waals surface area contributed by atoms with Gasteiger partial charge in [-0.1, -0.05) is 0 Å². The number of hydrogen-bond donors (Lipinski definition) is 1. The average Bonchev–Trinajstić information content (AvgIpc) is 2.46. The van der Waals surface area contributed by atoms with Gasteiger partial charge in [0.2, 0.25) is 0 Å². The predicted octanol–water partition coefficient (Wildman–Crippen LogP) is 1.91. The quantitative estimate of drug-likeness (QED) is 0.887. The normalized spacial score (nSPS) is 19.7. The first-order chi connectivity index (χ1) is 8.78. The highest BCUT2D eigenvalue weighted by molar-refractivity contribution is 5.61. The van der Waals surface area contributed by atoms with E-state index in [1.54, 1.807) is 14.2 Å². The van der Waals surface area contributed by atoms with Gasteiger partial charge in [-0.25, -0.2) is 0 Å². The van der Waals surface area contributed by atoms with Crippen molar-refractivity contribution in [2.24, 2.45) is 5.92 Å². The molecule has 4 nitrogen and oxygen atoms in total. The van der Waals surface area contributed by atoms with Gasteiger partial charge < -0.3 is 19.5 Å². The van der Waals surface area contributed by atoms with Crippen LogP contribution in [0.1, 0.15) is 12.8 Å². The molecule has 0 spiro atoms. The van der Waals surface area contributed by atoms with E-state index in [1.165, 1.54) is 0 Å². The minimum Gasteiger partial charge on any atom is -0.497 e. The molecule has 2 rings (SSSR count). The maximum atomic E-state index is 9.30. The third kappa shape index (κ3) is 2.70. The lowest BCUT2D eigenvalue weighted by atomic mass is 9.98. The SMILES string of the molecule is COc1ccc(OC)c(N2CCCC(CO)C2)c1. The van der Waals surface area contributed by atoms with Crippen LogP contribution in [0, 0.1) is 5.92 Å². The Morgan fingerprint density at radius 2 is 2.17 bits per heavy atom. The Bertz CT molecular complexity index is 395. The summed E-state index contributed by atoms with van der Waals surface area (Å²) in [6, 6.07) is 5.82. The monoisotopic (exact) mass is 251 g/mol. The molecule has 100 valence electrons. The van der Waals surface area contributed by atoms with Crippen LogP contribution < -0.4 is 14.4 Å². The number of aliphatic hydroxyl groups excluding tert-OH is 1. The van der Waals surface area contributed by atoms with Crippen molar-refractivity contribution in [2.75, 3.05) is 38.8 Å². The van der Waals surface area contributed by atoms with Crippen LogP contribution in [-0.4, -0.2) is 39.0 Å². The number of aliphatic hydroxyl groups is 1. The number of benzene rings is 1. The summed E-state index contributed by atoms with van der Waals surface area (Å²) < 4.78 is 10.7. The molecular weight excluding hydrogens is 230 g/mol. The number of anilines is 1. The van der Waals surface area contributed by atoms with E-state index in [-0.39, 0.29) is 6.61 Å². The zero-order valence-electron chi connectivity index (χ0n) is 11.1. The molecule has 1 heterocycles. The summed E-state index contributed by atoms with van der Waals surface area (Å²) in [5, 5.41) is 9.30. The van der Waals surface area contributed by atoms with E-state index in [9.17, 15) is 5.11 Å². The largest absolute Gasteiger partial charge is 0.497 e. The van der Waals surface area contributed by atoms with Crippen LogP contribution in [0.2, 0.25) is 0 Å². The molecule has 4 heteroatoms. The van der Waals surface area contributed by atoms with E-state index >= 15 is 0 Å². The molecule has 0 aliphatic carbocycles. The molecule has 1 aliphatic rings. The van der Waals surface area contributed by atoms with Gasteiger partial charge in [0.1, 0.15) is 11.5 Å². The molecule has 18 heavy (non-hydrogen) atoms. The highest BCUT2D eigenvalue weighted by atomic mass is 16.5. The highest BCUT2D eigenvalue weighted by Crippen LogP contribution is 2.34. The summed E-state index contributed by atoms with van der Waals surface area (Å²) in [6.07, 6.45) is 2.20. The Balaban J connectivity index is 2.24. The molecule has 0 aromatic heterocycles. The van der Waals surface area contributed by atoms with Crippen molar-refractivity contribution in [3.8, 4) is 11.5 Å². The van der Waals surface area contributed by atoms with Crippen molar-refractivity contribution in [3.05, 3.63) is 18.2 Å². The van der Waals surface area contributed by atoms with Gasteiger partial charge in [-0.3, -0.25) is 0 Å². The van der Waals surface area contributed by atoms with Crippen molar-refractivity contribution in [3.63, 3.8) is 0 Å². The summed E-state index contributed by atoms with van der Waals surface area (Å²) in [7, 11) is 3.34. The molecular formula is C14H21NO3. The smallest absolute Gasteiger partial charge is 0.142 e. The second-order valence-corrected chi connectivity index (χ2v) is 4.67. The molecule has 1 aromatic carbocycles. The zero-order chi connectivity index (χ0) is 13.0. The number of hydrogen-bond acceptors (Lipinski definition) is 4. The molecule has 1 atom stereocenters. The summed E-state index contributed by atoms with van der Waals surface area (Å²) in [6.45, 7) is 2.13. The number of piperidine rings is 1. The molecule has 1 unspecified atom stereocenters. The minimum absolute atomic E-state index is 0.253. The lowest BCUT2D eigenvalue weighted by Gasteiger charge is -2.34. The van der Waals surface area contributed by atoms with Crippen LogP contribution in [0.5, 0.6) is 11.5 Å². The fraction of sp³-hybridized carbons (Fsp3) is 0.571. The summed E-state index contributed by atoms with van der Waals surface area (Å²) >= 11 is 0. The second kappa shape index (κ2) is 5.96. The van der Waals surface area contributed by atoms with E-state index in [0.717, 1.165) is 43.1 Å². The molecule has 1 aromatic rings. The first kappa shape index (κ1) is 13.0. The van der Waals surface area contributed by atoms with Crippen molar-refractivity contribution in [1.29, 1.82) is 0 Å². The Morgan fingerprint density at radius 1 is 1.33 bits per heavy atom. The van der Waals surface area contributed by atoms with Gasteiger partial charge in [0.25, 0.3) is 0 Å². The van der Waals surface area contributed by atoms with Gasteiger partial charge in [0.05, 0.1) is 19.9 Å². The van der Waals surface area contributed by atoms with Crippen molar-refractivity contribution < 1.29 is 14.6 Å². The van der Waals surface area contributed by atoms with Gasteiger partial charge >= 0.3 is 0 Å². The maximum absolute atomic E-state index is 9.30. The average molecular weight is 251 g/mol. The van der Waals surface area contributed by atoms with E-state index in [4.69, 9.17) is 9.47 Å². The molecule has 0 radical (unpaired) electrons. The van der Waals surface area contributed by atoms with Gasteiger partial charge in [-0.15, -0.1) is 0 Å². The first-order valence-electron chi connectivity index (χ1n) is 6.36. The number of ether oxygens (including phenoxy) is 2. The molecule has 0 saturated carbocycles. The van der Waals surface area contributed by atoms with Gasteiger partial charge in [0.15, 0.2) is 0 Å². The van der Waals surface area contributed by atoms with Crippen molar-refractivity contribution in [2.45, 2.75) is 12.8 Å². The third-order valence-corrected chi connectivity index (χ3v) is 3.50. The Hall–Kier alpha value is -1.42. The lowest BCUT2D eigenvalue weighted by molar-refractivity contribution is 0.208. The van der Waals surface area contributed by atoms with Gasteiger partial charge in [-0.05, 0) is 30.9 Å². The Morgan fingerprint density at radius 3 is 2.83 bits per heavy atom. The Labute approximate surface area is 108 Å². The van der Waals surface area contributed by atoms with Crippen LogP contribution in [-0.2, 0) is 0 Å². The molecule has 1 aliphatic heterocycles. The fourth-order valence-electron chi connectivity index (χ4n) is 2.48. The van der Waals surface area contributed by atoms with Crippen molar-refractivity contribution >= 4 is 5.69 Å². The van der Waals surface area contributed by atoms with Crippen LogP contribution in [0.4, 0.5) is 5.69 Å². The third-order valence-electron chi connectivity index (χ3n) is 3.50. The topological polar surface area (TPSA) is 41.9 Å². The van der Waals surface area contributed by atoms with Crippen LogP contribution in [0.25, 0.3) is 0 Å². The predicted molar refractivity (Wildman–Crippen MR) is 71.6 cm³/mol. The van der Waals surface area contributed by atoms with E-state index in [2.05, 4.69) is 4.90 Å². The standard InChI is InChI=1S/C14H21NO3/c1-17-12-5-6-14(18-2)13(8-12)15-7-3-4-11(9-15)10-16/h5-6,8,11,16H,3-4,7,9-10H2,1-2H3.